The quantitative estimate of drug-likeness (QED) is 0.395. The monoisotopic (exact) mass is 439 g/mol. The zero-order valence-electron chi connectivity index (χ0n) is 17.8. The average molecular weight is 440 g/mol. The van der Waals surface area contributed by atoms with E-state index >= 15 is 0 Å². The van der Waals surface area contributed by atoms with Crippen LogP contribution in [0, 0.1) is 13.8 Å². The Morgan fingerprint density at radius 3 is 2.56 bits per heavy atom. The molecule has 6 rings (SSSR count). The highest BCUT2D eigenvalue weighted by Gasteiger charge is 2.33. The Morgan fingerprint density at radius 1 is 0.969 bits per heavy atom. The lowest BCUT2D eigenvalue weighted by Gasteiger charge is -2.16. The molecule has 7 heteroatoms. The zero-order valence-corrected chi connectivity index (χ0v) is 18.6. The van der Waals surface area contributed by atoms with Crippen molar-refractivity contribution in [2.45, 2.75) is 26.9 Å². The molecule has 0 radical (unpaired) electrons. The van der Waals surface area contributed by atoms with Crippen LogP contribution in [0.5, 0.6) is 0 Å². The maximum Gasteiger partial charge on any atom is 0.283 e. The molecule has 3 aromatic heterocycles. The topological polar surface area (TPSA) is 56.0 Å². The molecule has 5 aromatic rings. The number of rotatable bonds is 3. The lowest BCUT2D eigenvalue weighted by atomic mass is 10.1. The Kier molecular flexibility index (Phi) is 4.26. The molecule has 0 unspecified atom stereocenters. The number of hydrogen-bond donors (Lipinski definition) is 0. The molecule has 0 atom stereocenters. The molecule has 0 N–H and O–H groups in total. The summed E-state index contributed by atoms with van der Waals surface area (Å²) in [5.74, 6) is 0.938. The molecule has 1 aliphatic rings. The summed E-state index contributed by atoms with van der Waals surface area (Å²) in [5, 5.41) is 5.47. The van der Waals surface area contributed by atoms with E-state index in [1.54, 1.807) is 0 Å². The van der Waals surface area contributed by atoms with Crippen LogP contribution in [0.4, 0.5) is 0 Å². The van der Waals surface area contributed by atoms with Gasteiger partial charge in [-0.2, -0.15) is 5.10 Å². The molecule has 6 nitrogen and oxygen atoms in total. The highest BCUT2D eigenvalue weighted by atomic mass is 32.1. The summed E-state index contributed by atoms with van der Waals surface area (Å²) in [5.41, 5.74) is 6.38. The number of carbonyl (C=O) groups excluding carboxylic acids is 1. The number of fused-ring (bicyclic) bond motifs is 2. The normalized spacial score (nSPS) is 13.1. The summed E-state index contributed by atoms with van der Waals surface area (Å²) in [6.45, 7) is 5.23. The van der Waals surface area contributed by atoms with Gasteiger partial charge in [-0.15, -0.1) is 11.3 Å². The highest BCUT2D eigenvalue weighted by molar-refractivity contribution is 7.20. The van der Waals surface area contributed by atoms with E-state index in [1.807, 2.05) is 58.4 Å². The third-order valence-corrected chi connectivity index (χ3v) is 7.10. The first-order valence-electron chi connectivity index (χ1n) is 10.5. The summed E-state index contributed by atoms with van der Waals surface area (Å²) in [4.78, 5) is 19.6. The number of carbonyl (C=O) groups is 1. The van der Waals surface area contributed by atoms with Crippen molar-refractivity contribution in [3.8, 4) is 11.5 Å². The summed E-state index contributed by atoms with van der Waals surface area (Å²) in [6.07, 6.45) is 4.04. The largest absolute Gasteiger partial charge is 0.326 e. The Labute approximate surface area is 189 Å². The molecule has 1 aliphatic heterocycles. The molecule has 0 fully saturated rings. The molecule has 0 bridgehead atoms. The number of aryl methyl sites for hydroxylation is 2. The second-order valence-corrected chi connectivity index (χ2v) is 9.20. The van der Waals surface area contributed by atoms with E-state index in [0.717, 1.165) is 33.0 Å². The second-order valence-electron chi connectivity index (χ2n) is 8.17. The van der Waals surface area contributed by atoms with Gasteiger partial charge in [-0.3, -0.25) is 4.79 Å². The van der Waals surface area contributed by atoms with Gasteiger partial charge in [0.15, 0.2) is 5.01 Å². The first-order chi connectivity index (χ1) is 15.6. The molecular formula is C25H21N5OS. The molecule has 0 aliphatic carbocycles. The van der Waals surface area contributed by atoms with Crippen molar-refractivity contribution in [2.75, 3.05) is 0 Å². The Balaban J connectivity index is 1.39. The van der Waals surface area contributed by atoms with Gasteiger partial charge in [0.25, 0.3) is 5.91 Å². The predicted molar refractivity (Wildman–Crippen MR) is 126 cm³/mol. The minimum atomic E-state index is -0.0413. The van der Waals surface area contributed by atoms with Crippen molar-refractivity contribution < 1.29 is 4.79 Å². The fourth-order valence-electron chi connectivity index (χ4n) is 4.22. The van der Waals surface area contributed by atoms with E-state index in [9.17, 15) is 4.79 Å². The standard InChI is InChI=1S/C25H21N5OS/c1-16-9-10-18(13-17(16)2)30-24(28-11-5-6-12-28)19-14-29(15-21(19)27-30)25(31)23-26-20-7-3-4-8-22(20)32-23/h3-13H,14-15H2,1-2H3. The summed E-state index contributed by atoms with van der Waals surface area (Å²) in [7, 11) is 0. The molecule has 0 saturated carbocycles. The predicted octanol–water partition coefficient (Wildman–Crippen LogP) is 5.05. The summed E-state index contributed by atoms with van der Waals surface area (Å²) in [6, 6.07) is 18.3. The number of hydrogen-bond acceptors (Lipinski definition) is 4. The van der Waals surface area contributed by atoms with Gasteiger partial charge in [-0.25, -0.2) is 9.67 Å². The van der Waals surface area contributed by atoms with Gasteiger partial charge < -0.3 is 9.47 Å². The van der Waals surface area contributed by atoms with E-state index in [1.165, 1.54) is 22.5 Å². The summed E-state index contributed by atoms with van der Waals surface area (Å²) >= 11 is 1.45. The van der Waals surface area contributed by atoms with Crippen LogP contribution in [0.15, 0.2) is 67.0 Å². The van der Waals surface area contributed by atoms with Crippen molar-refractivity contribution >= 4 is 27.5 Å². The van der Waals surface area contributed by atoms with Gasteiger partial charge in [0.05, 0.1) is 34.7 Å². The Hall–Kier alpha value is -3.71. The number of para-hydroxylation sites is 1. The highest BCUT2D eigenvalue weighted by Crippen LogP contribution is 2.33. The number of thiazole rings is 1. The lowest BCUT2D eigenvalue weighted by Crippen LogP contribution is -2.26. The van der Waals surface area contributed by atoms with Crippen molar-refractivity contribution in [3.05, 3.63) is 94.4 Å². The van der Waals surface area contributed by atoms with Crippen LogP contribution in [-0.4, -0.2) is 30.1 Å². The van der Waals surface area contributed by atoms with Crippen LogP contribution >= 0.6 is 11.3 Å². The zero-order chi connectivity index (χ0) is 21.8. The van der Waals surface area contributed by atoms with E-state index < -0.39 is 0 Å². The van der Waals surface area contributed by atoms with Crippen LogP contribution in [0.25, 0.3) is 21.7 Å². The fraction of sp³-hybridized carbons (Fsp3) is 0.160. The van der Waals surface area contributed by atoms with Crippen LogP contribution in [0.2, 0.25) is 0 Å². The Bertz CT molecular complexity index is 1440. The average Bonchev–Trinajstić information content (AvgIpc) is 3.57. The lowest BCUT2D eigenvalue weighted by molar-refractivity contribution is 0.0749. The second kappa shape index (κ2) is 7.17. The van der Waals surface area contributed by atoms with Crippen LogP contribution in [0.3, 0.4) is 0 Å². The third kappa shape index (κ3) is 2.97. The maximum atomic E-state index is 13.3. The van der Waals surface area contributed by atoms with Gasteiger partial charge >= 0.3 is 0 Å². The summed E-state index contributed by atoms with van der Waals surface area (Å²) < 4.78 is 5.10. The smallest absolute Gasteiger partial charge is 0.283 e. The molecular weight excluding hydrogens is 418 g/mol. The van der Waals surface area contributed by atoms with E-state index in [4.69, 9.17) is 5.10 Å². The fourth-order valence-corrected chi connectivity index (χ4v) is 5.16. The molecule has 0 saturated heterocycles. The van der Waals surface area contributed by atoms with Crippen LogP contribution in [0.1, 0.15) is 32.2 Å². The molecule has 1 amide bonds. The van der Waals surface area contributed by atoms with Crippen molar-refractivity contribution in [2.24, 2.45) is 0 Å². The molecule has 4 heterocycles. The molecule has 32 heavy (non-hydrogen) atoms. The van der Waals surface area contributed by atoms with Gasteiger partial charge in [0.2, 0.25) is 0 Å². The SMILES string of the molecule is Cc1ccc(-n2nc3c(c2-n2cccc2)CN(C(=O)c2nc4ccccc4s2)C3)cc1C. The maximum absolute atomic E-state index is 13.3. The van der Waals surface area contributed by atoms with Gasteiger partial charge in [-0.1, -0.05) is 18.2 Å². The van der Waals surface area contributed by atoms with E-state index in [2.05, 4.69) is 41.6 Å². The third-order valence-electron chi connectivity index (χ3n) is 6.08. The van der Waals surface area contributed by atoms with Crippen molar-refractivity contribution in [3.63, 3.8) is 0 Å². The molecule has 0 spiro atoms. The van der Waals surface area contributed by atoms with Crippen LogP contribution in [-0.2, 0) is 13.1 Å². The van der Waals surface area contributed by atoms with E-state index in [0.29, 0.717) is 18.1 Å². The van der Waals surface area contributed by atoms with Gasteiger partial charge in [-0.05, 0) is 61.4 Å². The Morgan fingerprint density at radius 2 is 1.78 bits per heavy atom. The van der Waals surface area contributed by atoms with Gasteiger partial charge in [0, 0.05) is 18.0 Å². The van der Waals surface area contributed by atoms with Crippen molar-refractivity contribution in [1.82, 2.24) is 24.2 Å². The number of aromatic nitrogens is 4. The number of amides is 1. The minimum absolute atomic E-state index is 0.0413. The van der Waals surface area contributed by atoms with Crippen molar-refractivity contribution in [1.29, 1.82) is 0 Å². The molecule has 2 aromatic carbocycles. The van der Waals surface area contributed by atoms with E-state index in [-0.39, 0.29) is 5.91 Å². The first kappa shape index (κ1) is 19.0. The van der Waals surface area contributed by atoms with Crippen LogP contribution < -0.4 is 0 Å². The first-order valence-corrected chi connectivity index (χ1v) is 11.4. The molecule has 158 valence electrons. The number of nitrogens with zero attached hydrogens (tertiary/aromatic N) is 5. The minimum Gasteiger partial charge on any atom is -0.326 e. The number of benzene rings is 2. The van der Waals surface area contributed by atoms with Gasteiger partial charge in [0.1, 0.15) is 5.82 Å².